The summed E-state index contributed by atoms with van der Waals surface area (Å²) in [6, 6.07) is 0. The zero-order chi connectivity index (χ0) is 18.4. The fourth-order valence-electron chi connectivity index (χ4n) is 1.24. The lowest BCUT2D eigenvalue weighted by molar-refractivity contribution is -0.390. The lowest BCUT2D eigenvalue weighted by atomic mass is 9.96. The van der Waals surface area contributed by atoms with Gasteiger partial charge in [-0.15, -0.1) is 0 Å². The van der Waals surface area contributed by atoms with Gasteiger partial charge in [-0.2, -0.15) is 43.9 Å². The topological polar surface area (TPSA) is 57.2 Å². The monoisotopic (exact) mass is 373 g/mol. The lowest BCUT2D eigenvalue weighted by Crippen LogP contribution is -2.68. The molecular weight excluding hydrogens is 366 g/mol. The van der Waals surface area contributed by atoms with Crippen LogP contribution in [0.1, 0.15) is 19.8 Å². The third kappa shape index (κ3) is 2.74. The quantitative estimate of drug-likeness (QED) is 0.507. The van der Waals surface area contributed by atoms with E-state index in [-0.39, 0.29) is 0 Å². The second kappa shape index (κ2) is 5.39. The Kier molecular flexibility index (Phi) is 5.19. The highest BCUT2D eigenvalue weighted by molar-refractivity contribution is 7.86. The van der Waals surface area contributed by atoms with Crippen LogP contribution in [0.15, 0.2) is 0 Å². The van der Waals surface area contributed by atoms with Gasteiger partial charge in [-0.3, -0.25) is 0 Å². The van der Waals surface area contributed by atoms with Crippen molar-refractivity contribution in [2.24, 2.45) is 0 Å². The second-order valence-corrected chi connectivity index (χ2v) is 5.57. The molecule has 0 aromatic carbocycles. The van der Waals surface area contributed by atoms with Crippen molar-refractivity contribution in [1.82, 2.24) is 0 Å². The van der Waals surface area contributed by atoms with Gasteiger partial charge in [0.2, 0.25) is 0 Å². The molecule has 134 valence electrons. The minimum absolute atomic E-state index is 0.775. The minimum Gasteiger partial charge on any atom is -0.743 e. The summed E-state index contributed by atoms with van der Waals surface area (Å²) in [5.74, 6) is -28.0. The molecule has 0 spiro atoms. The van der Waals surface area contributed by atoms with Crippen molar-refractivity contribution >= 4 is 10.1 Å². The largest absolute Gasteiger partial charge is 0.743 e. The van der Waals surface area contributed by atoms with E-state index in [1.807, 2.05) is 0 Å². The highest BCUT2D eigenvalue weighted by Gasteiger charge is 2.87. The maximum absolute atomic E-state index is 13.0. The second-order valence-electron chi connectivity index (χ2n) is 4.15. The van der Waals surface area contributed by atoms with Crippen LogP contribution in [0.2, 0.25) is 0 Å². The maximum atomic E-state index is 13.0. The maximum Gasteiger partial charge on any atom is 0.402 e. The summed E-state index contributed by atoms with van der Waals surface area (Å²) in [6.07, 6.45) is -3.00. The third-order valence-electron chi connectivity index (χ3n) is 2.49. The van der Waals surface area contributed by atoms with E-state index in [4.69, 9.17) is 0 Å². The summed E-state index contributed by atoms with van der Waals surface area (Å²) in [4.78, 5) is 0. The first-order valence-electron chi connectivity index (χ1n) is 5.15. The van der Waals surface area contributed by atoms with Crippen LogP contribution in [0.5, 0.6) is 0 Å². The predicted molar refractivity (Wildman–Crippen MR) is 49.3 cm³/mol. The molecule has 14 heteroatoms. The number of hydrogen-bond donors (Lipinski definition) is 0. The number of alkyl halides is 10. The normalized spacial score (nSPS) is 16.0. The number of hydrogen-bond acceptors (Lipinski definition) is 3. The summed E-state index contributed by atoms with van der Waals surface area (Å²) in [5, 5.41) is -7.24. The van der Waals surface area contributed by atoms with Gasteiger partial charge in [0, 0.05) is 6.42 Å². The Morgan fingerprint density at radius 1 is 0.773 bits per heavy atom. The molecule has 0 bridgehead atoms. The summed E-state index contributed by atoms with van der Waals surface area (Å²) in [7, 11) is -7.55. The van der Waals surface area contributed by atoms with Gasteiger partial charge in [0.1, 0.15) is 0 Å². The smallest absolute Gasteiger partial charge is 0.402 e. The molecule has 0 N–H and O–H groups in total. The van der Waals surface area contributed by atoms with Gasteiger partial charge >= 0.3 is 28.9 Å². The molecule has 0 rings (SSSR count). The summed E-state index contributed by atoms with van der Waals surface area (Å²) in [5.41, 5.74) is 0. The van der Waals surface area contributed by atoms with E-state index in [9.17, 15) is 56.9 Å². The van der Waals surface area contributed by atoms with E-state index in [1.165, 1.54) is 0 Å². The van der Waals surface area contributed by atoms with Crippen molar-refractivity contribution in [2.45, 2.75) is 48.7 Å². The van der Waals surface area contributed by atoms with Gasteiger partial charge in [-0.25, -0.2) is 8.42 Å². The summed E-state index contributed by atoms with van der Waals surface area (Å²) >= 11 is 0. The van der Waals surface area contributed by atoms with Crippen LogP contribution in [0.3, 0.4) is 0 Å². The fourth-order valence-corrected chi connectivity index (χ4v) is 1.68. The van der Waals surface area contributed by atoms with Gasteiger partial charge in [-0.05, 0) is 0 Å². The van der Waals surface area contributed by atoms with E-state index in [0.717, 1.165) is 6.92 Å². The van der Waals surface area contributed by atoms with Crippen LogP contribution in [0, 0.1) is 0 Å². The minimum atomic E-state index is -7.58. The molecule has 0 aliphatic carbocycles. The molecule has 0 saturated heterocycles. The van der Waals surface area contributed by atoms with Crippen LogP contribution in [-0.2, 0) is 10.1 Å². The Bertz CT molecular complexity index is 512. The molecular formula is C8H7F10O3S-. The lowest BCUT2D eigenvalue weighted by Gasteiger charge is -2.39. The van der Waals surface area contributed by atoms with Crippen molar-refractivity contribution < 1.29 is 56.9 Å². The van der Waals surface area contributed by atoms with Crippen LogP contribution in [0.25, 0.3) is 0 Å². The standard InChI is InChI=1S/C8H8F10O3S/c1-2-3-4(9,10)5(11,12)6(13,14)7(15,16)8(17,18)22(19,20)21/h2-3H2,1H3,(H,19,20,21)/p-1. The average molecular weight is 373 g/mol. The molecule has 0 atom stereocenters. The van der Waals surface area contributed by atoms with Gasteiger partial charge < -0.3 is 4.55 Å². The number of rotatable bonds is 7. The molecule has 0 fully saturated rings. The third-order valence-corrected chi connectivity index (χ3v) is 3.38. The van der Waals surface area contributed by atoms with E-state index >= 15 is 0 Å². The van der Waals surface area contributed by atoms with Crippen molar-refractivity contribution in [1.29, 1.82) is 0 Å². The van der Waals surface area contributed by atoms with Crippen LogP contribution < -0.4 is 0 Å². The van der Waals surface area contributed by atoms with Gasteiger partial charge in [0.25, 0.3) is 0 Å². The predicted octanol–water partition coefficient (Wildman–Crippen LogP) is 3.47. The molecule has 0 saturated carbocycles. The average Bonchev–Trinajstić information content (AvgIpc) is 2.26. The Labute approximate surface area is 117 Å². The molecule has 3 nitrogen and oxygen atoms in total. The molecule has 0 aromatic heterocycles. The van der Waals surface area contributed by atoms with E-state index in [1.54, 1.807) is 0 Å². The van der Waals surface area contributed by atoms with Gasteiger partial charge in [-0.1, -0.05) is 13.3 Å². The van der Waals surface area contributed by atoms with Crippen molar-refractivity contribution in [3.05, 3.63) is 0 Å². The molecule has 0 unspecified atom stereocenters. The van der Waals surface area contributed by atoms with Crippen LogP contribution >= 0.6 is 0 Å². The molecule has 0 heterocycles. The van der Waals surface area contributed by atoms with Crippen molar-refractivity contribution in [2.75, 3.05) is 0 Å². The summed E-state index contributed by atoms with van der Waals surface area (Å²) < 4.78 is 158. The Morgan fingerprint density at radius 3 is 1.41 bits per heavy atom. The fraction of sp³-hybridized carbons (Fsp3) is 1.00. The molecule has 0 radical (unpaired) electrons. The van der Waals surface area contributed by atoms with Crippen LogP contribution in [0.4, 0.5) is 43.9 Å². The van der Waals surface area contributed by atoms with Gasteiger partial charge in [0.15, 0.2) is 10.1 Å². The SMILES string of the molecule is CCCC(F)(F)C(F)(F)C(F)(F)C(F)(F)C(F)(F)S(=O)(=O)[O-]. The first kappa shape index (κ1) is 21.2. The Balaban J connectivity index is 6.23. The van der Waals surface area contributed by atoms with E-state index in [0.29, 0.717) is 0 Å². The molecule has 0 aliphatic rings. The van der Waals surface area contributed by atoms with E-state index < -0.39 is 51.9 Å². The highest BCUT2D eigenvalue weighted by Crippen LogP contribution is 2.58. The van der Waals surface area contributed by atoms with E-state index in [2.05, 4.69) is 0 Å². The van der Waals surface area contributed by atoms with Crippen molar-refractivity contribution in [3.63, 3.8) is 0 Å². The Morgan fingerprint density at radius 2 is 1.14 bits per heavy atom. The zero-order valence-corrected chi connectivity index (χ0v) is 11.1. The first-order valence-corrected chi connectivity index (χ1v) is 6.56. The summed E-state index contributed by atoms with van der Waals surface area (Å²) in [6.45, 7) is 0.775. The Hall–Kier alpha value is -0.790. The highest BCUT2D eigenvalue weighted by atomic mass is 32.2. The molecule has 0 aromatic rings. The first-order chi connectivity index (χ1) is 9.31. The van der Waals surface area contributed by atoms with Crippen LogP contribution in [-0.4, -0.2) is 41.9 Å². The molecule has 0 aliphatic heterocycles. The zero-order valence-electron chi connectivity index (χ0n) is 10.3. The van der Waals surface area contributed by atoms with Crippen molar-refractivity contribution in [3.8, 4) is 0 Å². The number of halogens is 10. The molecule has 22 heavy (non-hydrogen) atoms. The molecule has 0 amide bonds. The van der Waals surface area contributed by atoms with Gasteiger partial charge in [0.05, 0.1) is 0 Å².